The van der Waals surface area contributed by atoms with Gasteiger partial charge in [-0.05, 0) is 35.4 Å². The first-order valence-corrected chi connectivity index (χ1v) is 9.36. The van der Waals surface area contributed by atoms with E-state index in [0.29, 0.717) is 0 Å². The van der Waals surface area contributed by atoms with E-state index in [2.05, 4.69) is 32.6 Å². The fourth-order valence-corrected chi connectivity index (χ4v) is 4.01. The van der Waals surface area contributed by atoms with Crippen molar-refractivity contribution in [1.82, 2.24) is 25.2 Å². The highest BCUT2D eigenvalue weighted by Gasteiger charge is 2.26. The zero-order chi connectivity index (χ0) is 18.2. The van der Waals surface area contributed by atoms with E-state index in [0.717, 1.165) is 64.5 Å². The predicted molar refractivity (Wildman–Crippen MR) is 106 cm³/mol. The topological polar surface area (TPSA) is 59.7 Å². The van der Waals surface area contributed by atoms with E-state index in [9.17, 15) is 0 Å². The summed E-state index contributed by atoms with van der Waals surface area (Å²) in [5.74, 6) is 0.732. The van der Waals surface area contributed by atoms with Crippen molar-refractivity contribution in [2.24, 2.45) is 0 Å². The van der Waals surface area contributed by atoms with Gasteiger partial charge in [-0.1, -0.05) is 48.0 Å². The summed E-state index contributed by atoms with van der Waals surface area (Å²) < 4.78 is 1.64. The van der Waals surface area contributed by atoms with Crippen LogP contribution in [0.2, 0.25) is 5.02 Å². The molecule has 0 unspecified atom stereocenters. The van der Waals surface area contributed by atoms with Gasteiger partial charge in [-0.15, -0.1) is 5.10 Å². The average molecular weight is 377 g/mol. The second-order valence-electron chi connectivity index (χ2n) is 6.60. The van der Waals surface area contributed by atoms with E-state index in [-0.39, 0.29) is 0 Å². The highest BCUT2D eigenvalue weighted by Crippen LogP contribution is 2.43. The summed E-state index contributed by atoms with van der Waals surface area (Å²) in [5.41, 5.74) is 4.00. The van der Waals surface area contributed by atoms with E-state index < -0.39 is 0 Å². The Hall–Kier alpha value is -2.99. The van der Waals surface area contributed by atoms with Gasteiger partial charge in [0.25, 0.3) is 0 Å². The van der Waals surface area contributed by atoms with Crippen molar-refractivity contribution < 1.29 is 0 Å². The molecule has 2 aromatic carbocycles. The number of tetrazole rings is 1. The summed E-state index contributed by atoms with van der Waals surface area (Å²) in [4.78, 5) is 7.28. The number of hydrogen-bond acceptors (Lipinski definition) is 5. The van der Waals surface area contributed by atoms with Crippen molar-refractivity contribution in [3.8, 4) is 16.9 Å². The van der Waals surface area contributed by atoms with E-state index in [1.54, 1.807) is 11.0 Å². The molecule has 1 aliphatic rings. The van der Waals surface area contributed by atoms with Crippen LogP contribution in [0.5, 0.6) is 0 Å². The van der Waals surface area contributed by atoms with Crippen LogP contribution in [-0.4, -0.2) is 38.3 Å². The maximum Gasteiger partial charge on any atom is 0.181 e. The lowest BCUT2D eigenvalue weighted by atomic mass is 9.98. The van der Waals surface area contributed by atoms with Gasteiger partial charge in [-0.2, -0.15) is 4.68 Å². The summed E-state index contributed by atoms with van der Waals surface area (Å²) in [5, 5.41) is 13.5. The number of hydrogen-bond donors (Lipinski definition) is 0. The van der Waals surface area contributed by atoms with E-state index in [1.165, 1.54) is 0 Å². The molecule has 6 nitrogen and oxygen atoms in total. The molecule has 0 aliphatic carbocycles. The molecule has 1 saturated heterocycles. The van der Waals surface area contributed by atoms with Crippen molar-refractivity contribution >= 4 is 28.2 Å². The molecule has 3 heterocycles. The predicted octanol–water partition coefficient (Wildman–Crippen LogP) is 4.13. The largest absolute Gasteiger partial charge is 0.368 e. The second kappa shape index (κ2) is 6.63. The lowest BCUT2D eigenvalue weighted by Crippen LogP contribution is -2.22. The molecule has 1 fully saturated rings. The summed E-state index contributed by atoms with van der Waals surface area (Å²) >= 11 is 6.63. The fraction of sp³-hybridized carbons (Fsp3) is 0.200. The highest BCUT2D eigenvalue weighted by molar-refractivity contribution is 6.34. The average Bonchev–Trinajstić information content (AvgIpc) is 3.41. The second-order valence-corrected chi connectivity index (χ2v) is 7.01. The Labute approximate surface area is 161 Å². The van der Waals surface area contributed by atoms with E-state index in [4.69, 9.17) is 16.6 Å². The van der Waals surface area contributed by atoms with Gasteiger partial charge in [0.05, 0.1) is 11.2 Å². The number of nitrogens with zero attached hydrogens (tertiary/aromatic N) is 6. The molecule has 0 spiro atoms. The molecule has 0 saturated carbocycles. The number of benzene rings is 2. The van der Waals surface area contributed by atoms with Crippen LogP contribution in [0.3, 0.4) is 0 Å². The van der Waals surface area contributed by atoms with Gasteiger partial charge in [0.15, 0.2) is 5.82 Å². The third-order valence-electron chi connectivity index (χ3n) is 4.98. The summed E-state index contributed by atoms with van der Waals surface area (Å²) in [6, 6.07) is 16.1. The Balaban J connectivity index is 1.92. The first-order chi connectivity index (χ1) is 13.3. The third-order valence-corrected chi connectivity index (χ3v) is 5.31. The van der Waals surface area contributed by atoms with Crippen molar-refractivity contribution in [3.05, 3.63) is 59.9 Å². The third kappa shape index (κ3) is 2.73. The van der Waals surface area contributed by atoms with Gasteiger partial charge in [0.2, 0.25) is 0 Å². The lowest BCUT2D eigenvalue weighted by Gasteiger charge is -2.25. The maximum atomic E-state index is 6.63. The molecule has 0 amide bonds. The van der Waals surface area contributed by atoms with Gasteiger partial charge < -0.3 is 4.90 Å². The molecule has 0 atom stereocenters. The minimum Gasteiger partial charge on any atom is -0.368 e. The number of pyridine rings is 1. The van der Waals surface area contributed by atoms with Crippen LogP contribution in [0.15, 0.2) is 54.9 Å². The molecule has 4 aromatic rings. The molecule has 0 N–H and O–H groups in total. The Morgan fingerprint density at radius 1 is 0.926 bits per heavy atom. The Morgan fingerprint density at radius 3 is 2.48 bits per heavy atom. The molecule has 2 aromatic heterocycles. The van der Waals surface area contributed by atoms with Crippen molar-refractivity contribution in [1.29, 1.82) is 0 Å². The number of halogens is 1. The molecule has 5 rings (SSSR count). The molecular formula is C20H17ClN6. The van der Waals surface area contributed by atoms with Crippen LogP contribution in [-0.2, 0) is 0 Å². The first-order valence-electron chi connectivity index (χ1n) is 8.99. The summed E-state index contributed by atoms with van der Waals surface area (Å²) in [6.07, 6.45) is 3.90. The first kappa shape index (κ1) is 16.2. The van der Waals surface area contributed by atoms with Crippen LogP contribution in [0.25, 0.3) is 27.8 Å². The van der Waals surface area contributed by atoms with Crippen LogP contribution in [0, 0.1) is 0 Å². The summed E-state index contributed by atoms with van der Waals surface area (Å²) in [6.45, 7) is 1.96. The Morgan fingerprint density at radius 2 is 1.70 bits per heavy atom. The Kier molecular flexibility index (Phi) is 3.98. The molecule has 0 bridgehead atoms. The molecule has 0 radical (unpaired) electrons. The van der Waals surface area contributed by atoms with Gasteiger partial charge in [0.1, 0.15) is 6.33 Å². The zero-order valence-corrected chi connectivity index (χ0v) is 15.3. The molecule has 1 aliphatic heterocycles. The number of anilines is 1. The minimum atomic E-state index is 0.719. The number of para-hydroxylation sites is 1. The summed E-state index contributed by atoms with van der Waals surface area (Å²) in [7, 11) is 0. The Bertz CT molecular complexity index is 1100. The number of aromatic nitrogens is 5. The van der Waals surface area contributed by atoms with Crippen LogP contribution in [0.1, 0.15) is 12.8 Å². The highest BCUT2D eigenvalue weighted by atomic mass is 35.5. The quantitative estimate of drug-likeness (QED) is 0.538. The molecular weight excluding hydrogens is 360 g/mol. The SMILES string of the molecule is Clc1ccccc1-c1c(N2CCCC2)c(-n2cnnn2)nc2ccccc12. The van der Waals surface area contributed by atoms with Crippen LogP contribution < -0.4 is 4.90 Å². The van der Waals surface area contributed by atoms with Crippen LogP contribution in [0.4, 0.5) is 5.69 Å². The van der Waals surface area contributed by atoms with Gasteiger partial charge in [-0.25, -0.2) is 4.98 Å². The van der Waals surface area contributed by atoms with Crippen molar-refractivity contribution in [2.45, 2.75) is 12.8 Å². The number of rotatable bonds is 3. The normalized spacial score (nSPS) is 14.2. The smallest absolute Gasteiger partial charge is 0.181 e. The van der Waals surface area contributed by atoms with Crippen molar-refractivity contribution in [3.63, 3.8) is 0 Å². The van der Waals surface area contributed by atoms with Gasteiger partial charge in [-0.3, -0.25) is 0 Å². The van der Waals surface area contributed by atoms with E-state index in [1.807, 2.05) is 36.4 Å². The number of fused-ring (bicyclic) bond motifs is 1. The van der Waals surface area contributed by atoms with Crippen molar-refractivity contribution in [2.75, 3.05) is 18.0 Å². The maximum absolute atomic E-state index is 6.63. The monoisotopic (exact) mass is 376 g/mol. The van der Waals surface area contributed by atoms with Crippen LogP contribution >= 0.6 is 11.6 Å². The fourth-order valence-electron chi connectivity index (χ4n) is 3.78. The minimum absolute atomic E-state index is 0.719. The lowest BCUT2D eigenvalue weighted by molar-refractivity contribution is 0.768. The van der Waals surface area contributed by atoms with Gasteiger partial charge >= 0.3 is 0 Å². The molecule has 134 valence electrons. The zero-order valence-electron chi connectivity index (χ0n) is 14.6. The van der Waals surface area contributed by atoms with Gasteiger partial charge in [0, 0.05) is 34.6 Å². The standard InChI is InChI=1S/C20H17ClN6/c21-16-9-3-1-7-14(16)18-15-8-2-4-10-17(15)23-20(27-13-22-24-25-27)19(18)26-11-5-6-12-26/h1-4,7-10,13H,5-6,11-12H2. The molecule has 27 heavy (non-hydrogen) atoms. The molecule has 7 heteroatoms. The van der Waals surface area contributed by atoms with E-state index >= 15 is 0 Å².